The van der Waals surface area contributed by atoms with Crippen LogP contribution >= 0.6 is 0 Å². The second-order valence-corrected chi connectivity index (χ2v) is 5.59. The molecular formula is C17H22FN5O. The number of hydrogen-bond donors (Lipinski definition) is 2. The van der Waals surface area contributed by atoms with Crippen molar-refractivity contribution in [3.63, 3.8) is 0 Å². The van der Waals surface area contributed by atoms with Crippen LogP contribution in [0.4, 0.5) is 16.2 Å². The normalized spacial score (nSPS) is 15.2. The molecule has 0 spiro atoms. The van der Waals surface area contributed by atoms with Gasteiger partial charge in [-0.1, -0.05) is 18.2 Å². The Labute approximate surface area is 141 Å². The van der Waals surface area contributed by atoms with E-state index in [2.05, 4.69) is 25.5 Å². The molecule has 1 saturated heterocycles. The Kier molecular flexibility index (Phi) is 5.92. The van der Waals surface area contributed by atoms with E-state index in [4.69, 9.17) is 4.74 Å². The highest BCUT2D eigenvalue weighted by atomic mass is 19.1. The first kappa shape index (κ1) is 16.6. The first-order valence-corrected chi connectivity index (χ1v) is 8.15. The van der Waals surface area contributed by atoms with Gasteiger partial charge in [-0.3, -0.25) is 4.90 Å². The van der Waals surface area contributed by atoms with Crippen LogP contribution in [0.15, 0.2) is 36.5 Å². The van der Waals surface area contributed by atoms with E-state index in [0.29, 0.717) is 23.9 Å². The van der Waals surface area contributed by atoms with Crippen LogP contribution in [0, 0.1) is 5.82 Å². The van der Waals surface area contributed by atoms with Gasteiger partial charge in [0, 0.05) is 44.5 Å². The van der Waals surface area contributed by atoms with Crippen LogP contribution in [0.3, 0.4) is 0 Å². The molecule has 2 N–H and O–H groups in total. The van der Waals surface area contributed by atoms with E-state index in [1.54, 1.807) is 24.4 Å². The number of nitrogens with one attached hydrogen (secondary N) is 2. The maximum Gasteiger partial charge on any atom is 0.224 e. The third-order valence-corrected chi connectivity index (χ3v) is 3.89. The number of nitrogens with zero attached hydrogens (tertiary/aromatic N) is 3. The number of morpholine rings is 1. The minimum absolute atomic E-state index is 0.220. The van der Waals surface area contributed by atoms with Crippen LogP contribution in [0.2, 0.25) is 0 Å². The molecule has 2 heterocycles. The van der Waals surface area contributed by atoms with Gasteiger partial charge in [-0.2, -0.15) is 4.98 Å². The lowest BCUT2D eigenvalue weighted by Crippen LogP contribution is -2.39. The van der Waals surface area contributed by atoms with E-state index in [1.807, 2.05) is 6.07 Å². The summed E-state index contributed by atoms with van der Waals surface area (Å²) in [6.45, 7) is 5.62. The molecule has 1 aromatic heterocycles. The Morgan fingerprint density at radius 2 is 1.96 bits per heavy atom. The van der Waals surface area contributed by atoms with Crippen LogP contribution in [-0.2, 0) is 11.3 Å². The van der Waals surface area contributed by atoms with Gasteiger partial charge in [0.05, 0.1) is 13.2 Å². The third kappa shape index (κ3) is 4.87. The van der Waals surface area contributed by atoms with E-state index in [-0.39, 0.29) is 5.82 Å². The summed E-state index contributed by atoms with van der Waals surface area (Å²) in [5.41, 5.74) is 0.609. The van der Waals surface area contributed by atoms with Crippen molar-refractivity contribution < 1.29 is 9.13 Å². The lowest BCUT2D eigenvalue weighted by Gasteiger charge is -2.26. The zero-order valence-corrected chi connectivity index (χ0v) is 13.5. The van der Waals surface area contributed by atoms with Gasteiger partial charge in [-0.25, -0.2) is 9.37 Å². The van der Waals surface area contributed by atoms with Gasteiger partial charge in [0.2, 0.25) is 5.95 Å². The van der Waals surface area contributed by atoms with Gasteiger partial charge in [0.1, 0.15) is 11.6 Å². The summed E-state index contributed by atoms with van der Waals surface area (Å²) in [6.07, 6.45) is 1.69. The van der Waals surface area contributed by atoms with Crippen molar-refractivity contribution in [3.8, 4) is 0 Å². The fourth-order valence-corrected chi connectivity index (χ4v) is 2.52. The Morgan fingerprint density at radius 3 is 2.79 bits per heavy atom. The van der Waals surface area contributed by atoms with E-state index >= 15 is 0 Å². The summed E-state index contributed by atoms with van der Waals surface area (Å²) in [6, 6.07) is 8.48. The fourth-order valence-electron chi connectivity index (χ4n) is 2.52. The molecule has 0 radical (unpaired) electrons. The summed E-state index contributed by atoms with van der Waals surface area (Å²) >= 11 is 0. The number of aromatic nitrogens is 2. The quantitative estimate of drug-likeness (QED) is 0.809. The Hall–Kier alpha value is -2.25. The molecule has 24 heavy (non-hydrogen) atoms. The van der Waals surface area contributed by atoms with Gasteiger partial charge in [-0.05, 0) is 12.1 Å². The van der Waals surface area contributed by atoms with Gasteiger partial charge in [-0.15, -0.1) is 0 Å². The standard InChI is InChI=1S/C17H22FN5O/c18-15-4-2-1-3-14(15)13-21-16-5-6-19-17(22-16)20-7-8-23-9-11-24-12-10-23/h1-6H,7-13H2,(H2,19,20,21,22). The fraction of sp³-hybridized carbons (Fsp3) is 0.412. The highest BCUT2D eigenvalue weighted by Crippen LogP contribution is 2.11. The average molecular weight is 331 g/mol. The second-order valence-electron chi connectivity index (χ2n) is 5.59. The van der Waals surface area contributed by atoms with Crippen molar-refractivity contribution in [2.75, 3.05) is 50.0 Å². The minimum atomic E-state index is -0.220. The van der Waals surface area contributed by atoms with Crippen LogP contribution in [0.1, 0.15) is 5.56 Å². The first-order valence-electron chi connectivity index (χ1n) is 8.15. The van der Waals surface area contributed by atoms with E-state index in [9.17, 15) is 4.39 Å². The van der Waals surface area contributed by atoms with E-state index in [1.165, 1.54) is 6.07 Å². The Bertz CT molecular complexity index is 648. The minimum Gasteiger partial charge on any atom is -0.379 e. The van der Waals surface area contributed by atoms with Crippen LogP contribution in [0.5, 0.6) is 0 Å². The molecule has 1 aliphatic heterocycles. The molecule has 0 saturated carbocycles. The summed E-state index contributed by atoms with van der Waals surface area (Å²) in [5, 5.41) is 6.35. The lowest BCUT2D eigenvalue weighted by molar-refractivity contribution is 0.0398. The summed E-state index contributed by atoms with van der Waals surface area (Å²) in [4.78, 5) is 11.0. The summed E-state index contributed by atoms with van der Waals surface area (Å²) in [7, 11) is 0. The molecule has 128 valence electrons. The van der Waals surface area contributed by atoms with Crippen molar-refractivity contribution >= 4 is 11.8 Å². The molecule has 2 aromatic rings. The molecule has 0 bridgehead atoms. The summed E-state index contributed by atoms with van der Waals surface area (Å²) in [5.74, 6) is 1.02. The number of ether oxygens (including phenoxy) is 1. The predicted octanol–water partition coefficient (Wildman–Crippen LogP) is 1.97. The monoisotopic (exact) mass is 331 g/mol. The van der Waals surface area contributed by atoms with Crippen LogP contribution in [-0.4, -0.2) is 54.3 Å². The van der Waals surface area contributed by atoms with Gasteiger partial charge < -0.3 is 15.4 Å². The van der Waals surface area contributed by atoms with E-state index in [0.717, 1.165) is 39.4 Å². The number of anilines is 2. The first-order chi connectivity index (χ1) is 11.8. The topological polar surface area (TPSA) is 62.3 Å². The maximum absolute atomic E-state index is 13.6. The zero-order valence-electron chi connectivity index (χ0n) is 13.5. The molecule has 0 atom stereocenters. The Morgan fingerprint density at radius 1 is 1.12 bits per heavy atom. The SMILES string of the molecule is Fc1ccccc1CNc1ccnc(NCCN2CCOCC2)n1. The summed E-state index contributed by atoms with van der Waals surface area (Å²) < 4.78 is 18.9. The predicted molar refractivity (Wildman–Crippen MR) is 91.5 cm³/mol. The van der Waals surface area contributed by atoms with Gasteiger partial charge in [0.25, 0.3) is 0 Å². The highest BCUT2D eigenvalue weighted by molar-refractivity contribution is 5.40. The Balaban J connectivity index is 1.47. The van der Waals surface area contributed by atoms with Crippen molar-refractivity contribution in [3.05, 3.63) is 47.9 Å². The molecule has 1 aromatic carbocycles. The molecule has 0 amide bonds. The average Bonchev–Trinajstić information content (AvgIpc) is 2.62. The van der Waals surface area contributed by atoms with Crippen LogP contribution in [0.25, 0.3) is 0 Å². The lowest BCUT2D eigenvalue weighted by atomic mass is 10.2. The highest BCUT2D eigenvalue weighted by Gasteiger charge is 2.09. The van der Waals surface area contributed by atoms with Crippen molar-refractivity contribution in [2.24, 2.45) is 0 Å². The number of halogens is 1. The van der Waals surface area contributed by atoms with Crippen molar-refractivity contribution in [1.29, 1.82) is 0 Å². The third-order valence-electron chi connectivity index (χ3n) is 3.89. The number of rotatable bonds is 7. The zero-order chi connectivity index (χ0) is 16.6. The molecule has 1 fully saturated rings. The molecule has 7 heteroatoms. The molecule has 0 aliphatic carbocycles. The maximum atomic E-state index is 13.6. The van der Waals surface area contributed by atoms with Crippen molar-refractivity contribution in [1.82, 2.24) is 14.9 Å². The second kappa shape index (κ2) is 8.56. The largest absolute Gasteiger partial charge is 0.379 e. The van der Waals surface area contributed by atoms with Crippen LogP contribution < -0.4 is 10.6 Å². The van der Waals surface area contributed by atoms with Crippen molar-refractivity contribution in [2.45, 2.75) is 6.54 Å². The molecule has 0 unspecified atom stereocenters. The van der Waals surface area contributed by atoms with Gasteiger partial charge >= 0.3 is 0 Å². The van der Waals surface area contributed by atoms with E-state index < -0.39 is 0 Å². The molecule has 3 rings (SSSR count). The number of hydrogen-bond acceptors (Lipinski definition) is 6. The molecule has 1 aliphatic rings. The number of benzene rings is 1. The molecular weight excluding hydrogens is 309 g/mol. The molecule has 6 nitrogen and oxygen atoms in total. The smallest absolute Gasteiger partial charge is 0.224 e. The van der Waals surface area contributed by atoms with Gasteiger partial charge in [0.15, 0.2) is 0 Å².